The molecule has 3 saturated carbocycles. The molecule has 0 saturated heterocycles. The van der Waals surface area contributed by atoms with E-state index in [1.807, 2.05) is 13.8 Å². The Morgan fingerprint density at radius 2 is 1.76 bits per heavy atom. The molecule has 0 bridgehead atoms. The summed E-state index contributed by atoms with van der Waals surface area (Å²) in [6.45, 7) is 8.29. The van der Waals surface area contributed by atoms with Crippen LogP contribution in [0, 0.1) is 35.0 Å². The maximum absolute atomic E-state index is 11.5. The first-order valence-electron chi connectivity index (χ1n) is 12.3. The summed E-state index contributed by atoms with van der Waals surface area (Å²) < 4.78 is 0. The van der Waals surface area contributed by atoms with Gasteiger partial charge in [0, 0.05) is 0 Å². The molecule has 0 aliphatic heterocycles. The summed E-state index contributed by atoms with van der Waals surface area (Å²) in [7, 11) is 0. The summed E-state index contributed by atoms with van der Waals surface area (Å²) in [4.78, 5) is 0. The van der Waals surface area contributed by atoms with Crippen molar-refractivity contribution in [2.75, 3.05) is 0 Å². The van der Waals surface area contributed by atoms with Crippen molar-refractivity contribution in [3.63, 3.8) is 0 Å². The van der Waals surface area contributed by atoms with Crippen molar-refractivity contribution in [1.82, 2.24) is 0 Å². The number of hydrogen-bond donors (Lipinski definition) is 3. The van der Waals surface area contributed by atoms with Crippen LogP contribution in [0.4, 0.5) is 0 Å². The molecule has 0 heterocycles. The molecule has 3 fully saturated rings. The van der Waals surface area contributed by atoms with E-state index in [-0.39, 0.29) is 11.5 Å². The van der Waals surface area contributed by atoms with Crippen molar-refractivity contribution >= 4 is 0 Å². The van der Waals surface area contributed by atoms with Gasteiger partial charge in [-0.05, 0) is 126 Å². The van der Waals surface area contributed by atoms with Gasteiger partial charge in [0.2, 0.25) is 0 Å². The van der Waals surface area contributed by atoms with E-state index >= 15 is 0 Å². The zero-order valence-corrected chi connectivity index (χ0v) is 19.2. The molecule has 0 radical (unpaired) electrons. The lowest BCUT2D eigenvalue weighted by Gasteiger charge is -2.55. The highest BCUT2D eigenvalue weighted by atomic mass is 16.3. The quantitative estimate of drug-likeness (QED) is 0.550. The maximum atomic E-state index is 11.5. The number of allylic oxidation sites excluding steroid dienone is 1. The molecule has 4 rings (SSSR count). The van der Waals surface area contributed by atoms with Crippen LogP contribution in [0.1, 0.15) is 98.3 Å². The van der Waals surface area contributed by atoms with Gasteiger partial charge in [-0.1, -0.05) is 18.6 Å². The molecule has 0 amide bonds. The summed E-state index contributed by atoms with van der Waals surface area (Å²) >= 11 is 0. The van der Waals surface area contributed by atoms with E-state index < -0.39 is 11.2 Å². The van der Waals surface area contributed by atoms with Crippen LogP contribution in [-0.2, 0) is 0 Å². The van der Waals surface area contributed by atoms with Gasteiger partial charge in [-0.15, -0.1) is 0 Å². The van der Waals surface area contributed by atoms with Crippen molar-refractivity contribution < 1.29 is 15.3 Å². The molecular formula is C26H44O3. The van der Waals surface area contributed by atoms with E-state index in [1.54, 1.807) is 5.57 Å². The van der Waals surface area contributed by atoms with Gasteiger partial charge in [-0.3, -0.25) is 0 Å². The van der Waals surface area contributed by atoms with Crippen LogP contribution in [0.5, 0.6) is 0 Å². The molecule has 3 heteroatoms. The summed E-state index contributed by atoms with van der Waals surface area (Å²) in [5, 5.41) is 31.7. The van der Waals surface area contributed by atoms with E-state index in [9.17, 15) is 15.3 Å². The molecule has 29 heavy (non-hydrogen) atoms. The molecule has 0 aromatic heterocycles. The van der Waals surface area contributed by atoms with Gasteiger partial charge >= 0.3 is 0 Å². The lowest BCUT2D eigenvalue weighted by atomic mass is 9.50. The molecule has 166 valence electrons. The van der Waals surface area contributed by atoms with Gasteiger partial charge in [0.05, 0.1) is 17.3 Å². The molecule has 3 N–H and O–H groups in total. The van der Waals surface area contributed by atoms with Crippen molar-refractivity contribution in [3.8, 4) is 0 Å². The largest absolute Gasteiger partial charge is 0.393 e. The number of hydrogen-bond acceptors (Lipinski definition) is 3. The van der Waals surface area contributed by atoms with E-state index in [4.69, 9.17) is 0 Å². The van der Waals surface area contributed by atoms with Crippen LogP contribution < -0.4 is 0 Å². The predicted octanol–water partition coefficient (Wildman–Crippen LogP) is 5.23. The van der Waals surface area contributed by atoms with Crippen molar-refractivity contribution in [3.05, 3.63) is 11.6 Å². The highest BCUT2D eigenvalue weighted by Gasteiger charge is 2.59. The van der Waals surface area contributed by atoms with Gasteiger partial charge in [0.15, 0.2) is 0 Å². The Labute approximate surface area is 178 Å². The second-order valence-electron chi connectivity index (χ2n) is 12.2. The number of fused-ring (bicyclic) bond motifs is 5. The zero-order valence-electron chi connectivity index (χ0n) is 19.2. The van der Waals surface area contributed by atoms with Gasteiger partial charge in [-0.25, -0.2) is 0 Å². The first-order chi connectivity index (χ1) is 13.5. The normalized spacial score (nSPS) is 44.3. The van der Waals surface area contributed by atoms with Crippen molar-refractivity contribution in [2.45, 2.75) is 116 Å². The fourth-order valence-corrected chi connectivity index (χ4v) is 8.32. The van der Waals surface area contributed by atoms with E-state index in [0.717, 1.165) is 56.3 Å². The first-order valence-corrected chi connectivity index (χ1v) is 12.3. The topological polar surface area (TPSA) is 60.7 Å². The van der Waals surface area contributed by atoms with E-state index in [1.165, 1.54) is 32.1 Å². The molecule has 0 aromatic rings. The Hall–Kier alpha value is -0.380. The Kier molecular flexibility index (Phi) is 5.75. The second-order valence-corrected chi connectivity index (χ2v) is 12.2. The van der Waals surface area contributed by atoms with Crippen molar-refractivity contribution in [2.24, 2.45) is 35.0 Å². The summed E-state index contributed by atoms with van der Waals surface area (Å²) in [6.07, 6.45) is 14.0. The highest BCUT2D eigenvalue weighted by Crippen LogP contribution is 2.65. The molecule has 0 spiro atoms. The average molecular weight is 405 g/mol. The lowest BCUT2D eigenvalue weighted by molar-refractivity contribution is -0.0971. The highest BCUT2D eigenvalue weighted by molar-refractivity contribution is 5.20. The van der Waals surface area contributed by atoms with Gasteiger partial charge in [0.25, 0.3) is 0 Å². The monoisotopic (exact) mass is 404 g/mol. The number of aliphatic hydroxyl groups excluding tert-OH is 1. The average Bonchev–Trinajstić information content (AvgIpc) is 2.98. The van der Waals surface area contributed by atoms with Crippen molar-refractivity contribution in [1.29, 1.82) is 0 Å². The predicted molar refractivity (Wildman–Crippen MR) is 117 cm³/mol. The first kappa shape index (κ1) is 21.8. The lowest BCUT2D eigenvalue weighted by Crippen LogP contribution is -2.50. The molecule has 4 aliphatic carbocycles. The van der Waals surface area contributed by atoms with Crippen LogP contribution in [0.2, 0.25) is 0 Å². The Morgan fingerprint density at radius 3 is 2.48 bits per heavy atom. The summed E-state index contributed by atoms with van der Waals surface area (Å²) in [6, 6.07) is 0. The molecule has 0 aromatic carbocycles. The smallest absolute Gasteiger partial charge is 0.0653 e. The summed E-state index contributed by atoms with van der Waals surface area (Å²) in [5.74, 6) is 3.40. The second kappa shape index (κ2) is 7.64. The van der Waals surface area contributed by atoms with Crippen LogP contribution in [-0.4, -0.2) is 32.6 Å². The molecule has 3 nitrogen and oxygen atoms in total. The van der Waals surface area contributed by atoms with Gasteiger partial charge in [-0.2, -0.15) is 0 Å². The minimum absolute atomic E-state index is 0.113. The fraction of sp³-hybridized carbons (Fsp3) is 0.923. The molecule has 8 atom stereocenters. The summed E-state index contributed by atoms with van der Waals surface area (Å²) in [5.41, 5.74) is 0.530. The van der Waals surface area contributed by atoms with Crippen LogP contribution in [0.15, 0.2) is 11.6 Å². The van der Waals surface area contributed by atoms with E-state index in [2.05, 4.69) is 19.9 Å². The molecular weight excluding hydrogens is 360 g/mol. The Balaban J connectivity index is 1.48. The fourth-order valence-electron chi connectivity index (χ4n) is 8.32. The van der Waals surface area contributed by atoms with Crippen LogP contribution >= 0.6 is 0 Å². The SMILES string of the molecule is CC(C)(O)CCC[C@](C)(O)[C@H]1CC[C@H]2C3CC=C4C[C@H](O)CCC4C3CC[C@@]21C. The van der Waals surface area contributed by atoms with Crippen LogP contribution in [0.3, 0.4) is 0 Å². The molecule has 4 aliphatic rings. The number of rotatable bonds is 5. The number of aliphatic hydroxyl groups is 3. The van der Waals surface area contributed by atoms with Crippen LogP contribution in [0.25, 0.3) is 0 Å². The van der Waals surface area contributed by atoms with Gasteiger partial charge < -0.3 is 15.3 Å². The minimum atomic E-state index is -0.643. The van der Waals surface area contributed by atoms with E-state index in [0.29, 0.717) is 11.8 Å². The third-order valence-corrected chi connectivity index (χ3v) is 9.64. The zero-order chi connectivity index (χ0) is 21.0. The third-order valence-electron chi connectivity index (χ3n) is 9.64. The minimum Gasteiger partial charge on any atom is -0.393 e. The Bertz CT molecular complexity index is 630. The standard InChI is InChI=1S/C26H44O3/c1-24(2,28)13-5-14-26(4,29)23-11-10-22-21-8-6-17-16-18(27)7-9-19(17)20(21)12-15-25(22,23)3/h6,18-23,27-29H,5,7-16H2,1-4H3/t18-,19?,20?,21?,22+,23+,25+,26+/m1/s1. The third kappa shape index (κ3) is 4.08. The van der Waals surface area contributed by atoms with Gasteiger partial charge in [0.1, 0.15) is 0 Å². The Morgan fingerprint density at radius 1 is 1.00 bits per heavy atom. The maximum Gasteiger partial charge on any atom is 0.0653 e. The molecule has 3 unspecified atom stereocenters.